The van der Waals surface area contributed by atoms with Crippen LogP contribution in [0.4, 0.5) is 5.69 Å². The molecule has 2 aromatic carbocycles. The van der Waals surface area contributed by atoms with Gasteiger partial charge < -0.3 is 24.8 Å². The standard InChI is InChI=1S/C22H22N2O7/c1-13(23-22(28)15-6-4-3-5-7-15)8-21(27)29-11-20(26)24-17-10-19-18(30-12-31-19)9-16(17)14(2)25/h3-7,9-10,13H,8,11-12H2,1-2H3,(H,23,28)(H,24,26). The van der Waals surface area contributed by atoms with Crippen LogP contribution >= 0.6 is 0 Å². The number of hydrogen-bond acceptors (Lipinski definition) is 7. The monoisotopic (exact) mass is 426 g/mol. The average molecular weight is 426 g/mol. The summed E-state index contributed by atoms with van der Waals surface area (Å²) in [6.07, 6.45) is -0.103. The Balaban J connectivity index is 1.49. The van der Waals surface area contributed by atoms with Crippen LogP contribution in [0.2, 0.25) is 0 Å². The SMILES string of the molecule is CC(=O)c1cc2c(cc1NC(=O)COC(=O)CC(C)NC(=O)c1ccccc1)OCO2. The van der Waals surface area contributed by atoms with Crippen LogP contribution in [-0.4, -0.2) is 43.0 Å². The Hall–Kier alpha value is -3.88. The maximum Gasteiger partial charge on any atom is 0.308 e. The fourth-order valence-electron chi connectivity index (χ4n) is 2.93. The Morgan fingerprint density at radius 3 is 2.42 bits per heavy atom. The third kappa shape index (κ3) is 5.81. The molecule has 9 nitrogen and oxygen atoms in total. The summed E-state index contributed by atoms with van der Waals surface area (Å²) >= 11 is 0. The number of fused-ring (bicyclic) bond motifs is 1. The molecule has 1 unspecified atom stereocenters. The van der Waals surface area contributed by atoms with E-state index in [2.05, 4.69) is 10.6 Å². The molecule has 1 heterocycles. The second-order valence-electron chi connectivity index (χ2n) is 6.96. The van der Waals surface area contributed by atoms with E-state index in [1.165, 1.54) is 19.1 Å². The molecule has 0 aromatic heterocycles. The Bertz CT molecular complexity index is 1000. The first-order valence-corrected chi connectivity index (χ1v) is 9.59. The Labute approximate surface area is 178 Å². The quantitative estimate of drug-likeness (QED) is 0.491. The molecule has 1 atom stereocenters. The van der Waals surface area contributed by atoms with Crippen LogP contribution in [0.1, 0.15) is 41.0 Å². The molecule has 0 aliphatic carbocycles. The number of hydrogen-bond donors (Lipinski definition) is 2. The van der Waals surface area contributed by atoms with Crippen LogP contribution in [-0.2, 0) is 14.3 Å². The highest BCUT2D eigenvalue weighted by Crippen LogP contribution is 2.37. The van der Waals surface area contributed by atoms with E-state index in [4.69, 9.17) is 14.2 Å². The lowest BCUT2D eigenvalue weighted by atomic mass is 10.1. The van der Waals surface area contributed by atoms with Gasteiger partial charge in [-0.3, -0.25) is 19.2 Å². The van der Waals surface area contributed by atoms with Crippen molar-refractivity contribution >= 4 is 29.3 Å². The lowest BCUT2D eigenvalue weighted by molar-refractivity contribution is -0.147. The maximum absolute atomic E-state index is 12.2. The van der Waals surface area contributed by atoms with Crippen LogP contribution in [0.3, 0.4) is 0 Å². The number of carbonyl (C=O) groups is 4. The fraction of sp³-hybridized carbons (Fsp3) is 0.273. The normalized spacial score (nSPS) is 12.6. The molecule has 0 saturated carbocycles. The van der Waals surface area contributed by atoms with Gasteiger partial charge in [0.15, 0.2) is 23.9 Å². The Morgan fingerprint density at radius 1 is 1.06 bits per heavy atom. The number of benzene rings is 2. The van der Waals surface area contributed by atoms with Gasteiger partial charge in [0.2, 0.25) is 6.79 Å². The fourth-order valence-corrected chi connectivity index (χ4v) is 2.93. The minimum Gasteiger partial charge on any atom is -0.455 e. The second kappa shape index (κ2) is 9.75. The molecule has 0 bridgehead atoms. The number of Topliss-reactive ketones (excluding diaryl/α,β-unsaturated/α-hetero) is 1. The molecule has 0 fully saturated rings. The molecule has 0 saturated heterocycles. The average Bonchev–Trinajstić information content (AvgIpc) is 3.19. The number of ketones is 1. The van der Waals surface area contributed by atoms with E-state index in [1.807, 2.05) is 0 Å². The molecule has 0 radical (unpaired) electrons. The summed E-state index contributed by atoms with van der Waals surface area (Å²) in [7, 11) is 0. The van der Waals surface area contributed by atoms with Gasteiger partial charge in [0.1, 0.15) is 0 Å². The molecule has 1 aliphatic rings. The topological polar surface area (TPSA) is 120 Å². The van der Waals surface area contributed by atoms with E-state index >= 15 is 0 Å². The highest BCUT2D eigenvalue weighted by molar-refractivity contribution is 6.05. The molecule has 2 amide bonds. The molecular formula is C22H22N2O7. The van der Waals surface area contributed by atoms with Crippen molar-refractivity contribution in [3.8, 4) is 11.5 Å². The summed E-state index contributed by atoms with van der Waals surface area (Å²) in [6.45, 7) is 2.51. The van der Waals surface area contributed by atoms with Crippen molar-refractivity contribution in [3.63, 3.8) is 0 Å². The third-order valence-electron chi connectivity index (χ3n) is 4.42. The van der Waals surface area contributed by atoms with Gasteiger partial charge in [0, 0.05) is 23.2 Å². The van der Waals surface area contributed by atoms with E-state index in [0.29, 0.717) is 17.1 Å². The van der Waals surface area contributed by atoms with E-state index in [9.17, 15) is 19.2 Å². The van der Waals surface area contributed by atoms with Crippen molar-refractivity contribution in [1.29, 1.82) is 0 Å². The zero-order valence-electron chi connectivity index (χ0n) is 17.1. The van der Waals surface area contributed by atoms with Crippen molar-refractivity contribution in [1.82, 2.24) is 5.32 Å². The molecular weight excluding hydrogens is 404 g/mol. The first kappa shape index (κ1) is 21.8. The Kier molecular flexibility index (Phi) is 6.86. The lowest BCUT2D eigenvalue weighted by Crippen LogP contribution is -2.35. The van der Waals surface area contributed by atoms with E-state index in [0.717, 1.165) is 0 Å². The minimum absolute atomic E-state index is 0.0285. The van der Waals surface area contributed by atoms with Crippen LogP contribution in [0.25, 0.3) is 0 Å². The first-order chi connectivity index (χ1) is 14.8. The highest BCUT2D eigenvalue weighted by atomic mass is 16.7. The number of anilines is 1. The summed E-state index contributed by atoms with van der Waals surface area (Å²) in [5.74, 6) is -1.02. The van der Waals surface area contributed by atoms with Crippen LogP contribution in [0.5, 0.6) is 11.5 Å². The summed E-state index contributed by atoms with van der Waals surface area (Å²) in [6, 6.07) is 11.1. The molecule has 2 aromatic rings. The van der Waals surface area contributed by atoms with Crippen LogP contribution < -0.4 is 20.1 Å². The number of ether oxygens (including phenoxy) is 3. The molecule has 31 heavy (non-hydrogen) atoms. The van der Waals surface area contributed by atoms with Crippen molar-refractivity contribution in [2.45, 2.75) is 26.3 Å². The van der Waals surface area contributed by atoms with Crippen molar-refractivity contribution in [2.75, 3.05) is 18.7 Å². The number of rotatable bonds is 8. The first-order valence-electron chi connectivity index (χ1n) is 9.59. The van der Waals surface area contributed by atoms with Gasteiger partial charge in [-0.05, 0) is 32.0 Å². The predicted octanol–water partition coefficient (Wildman–Crippen LogP) is 2.31. The number of nitrogens with one attached hydrogen (secondary N) is 2. The largest absolute Gasteiger partial charge is 0.455 e. The molecule has 162 valence electrons. The predicted molar refractivity (Wildman–Crippen MR) is 110 cm³/mol. The maximum atomic E-state index is 12.2. The summed E-state index contributed by atoms with van der Waals surface area (Å²) in [5.41, 5.74) is 0.967. The van der Waals surface area contributed by atoms with Gasteiger partial charge in [0.25, 0.3) is 11.8 Å². The lowest BCUT2D eigenvalue weighted by Gasteiger charge is -2.14. The van der Waals surface area contributed by atoms with Crippen molar-refractivity contribution in [3.05, 3.63) is 53.6 Å². The van der Waals surface area contributed by atoms with Gasteiger partial charge in [-0.15, -0.1) is 0 Å². The molecule has 9 heteroatoms. The minimum atomic E-state index is -0.645. The van der Waals surface area contributed by atoms with Gasteiger partial charge >= 0.3 is 5.97 Å². The van der Waals surface area contributed by atoms with Gasteiger partial charge in [-0.25, -0.2) is 0 Å². The van der Waals surface area contributed by atoms with Crippen molar-refractivity contribution < 1.29 is 33.4 Å². The van der Waals surface area contributed by atoms with E-state index in [1.54, 1.807) is 37.3 Å². The molecule has 1 aliphatic heterocycles. The number of carbonyl (C=O) groups excluding carboxylic acids is 4. The number of esters is 1. The van der Waals surface area contributed by atoms with Gasteiger partial charge in [-0.2, -0.15) is 0 Å². The summed E-state index contributed by atoms with van der Waals surface area (Å²) in [4.78, 5) is 48.2. The number of amides is 2. The van der Waals surface area contributed by atoms with Gasteiger partial charge in [-0.1, -0.05) is 18.2 Å². The zero-order chi connectivity index (χ0) is 22.4. The highest BCUT2D eigenvalue weighted by Gasteiger charge is 2.21. The second-order valence-corrected chi connectivity index (χ2v) is 6.96. The molecule has 3 rings (SSSR count). The zero-order valence-corrected chi connectivity index (χ0v) is 17.1. The summed E-state index contributed by atoms with van der Waals surface area (Å²) < 4.78 is 15.5. The smallest absolute Gasteiger partial charge is 0.308 e. The third-order valence-corrected chi connectivity index (χ3v) is 4.42. The molecule has 2 N–H and O–H groups in total. The van der Waals surface area contributed by atoms with Gasteiger partial charge in [0.05, 0.1) is 12.1 Å². The van der Waals surface area contributed by atoms with Crippen molar-refractivity contribution in [2.24, 2.45) is 0 Å². The van der Waals surface area contributed by atoms with E-state index in [-0.39, 0.29) is 36.2 Å². The van der Waals surface area contributed by atoms with Crippen LogP contribution in [0.15, 0.2) is 42.5 Å². The van der Waals surface area contributed by atoms with Crippen LogP contribution in [0, 0.1) is 0 Å². The Morgan fingerprint density at radius 2 is 1.74 bits per heavy atom. The van der Waals surface area contributed by atoms with E-state index < -0.39 is 24.5 Å². The summed E-state index contributed by atoms with van der Waals surface area (Å²) in [5, 5.41) is 5.24. The molecule has 0 spiro atoms.